The lowest BCUT2D eigenvalue weighted by Gasteiger charge is -2.45. The number of amides is 1. The van der Waals surface area contributed by atoms with E-state index in [9.17, 15) is 9.18 Å². The van der Waals surface area contributed by atoms with Crippen molar-refractivity contribution < 1.29 is 9.18 Å². The fourth-order valence-electron chi connectivity index (χ4n) is 4.57. The molecule has 1 aromatic carbocycles. The van der Waals surface area contributed by atoms with Gasteiger partial charge in [-0.05, 0) is 69.1 Å². The lowest BCUT2D eigenvalue weighted by atomic mass is 9.65. The molecule has 5 heteroatoms. The molecule has 0 radical (unpaired) electrons. The molecule has 2 N–H and O–H groups in total. The van der Waals surface area contributed by atoms with Crippen LogP contribution in [0.4, 0.5) is 4.39 Å². The molecule has 25 heavy (non-hydrogen) atoms. The Morgan fingerprint density at radius 2 is 1.92 bits per heavy atom. The van der Waals surface area contributed by atoms with Gasteiger partial charge in [0.1, 0.15) is 5.82 Å². The topological polar surface area (TPSA) is 46.3 Å². The first-order chi connectivity index (χ1) is 11.5. The first-order valence-corrected chi connectivity index (χ1v) is 9.26. The van der Waals surface area contributed by atoms with Crippen LogP contribution in [-0.4, -0.2) is 22.9 Å². The second-order valence-electron chi connectivity index (χ2n) is 7.89. The third-order valence-electron chi connectivity index (χ3n) is 5.91. The zero-order valence-electron chi connectivity index (χ0n) is 15.2. The van der Waals surface area contributed by atoms with Crippen molar-refractivity contribution in [1.82, 2.24) is 4.90 Å². The number of rotatable bonds is 4. The first kappa shape index (κ1) is 20.2. The number of nitrogens with two attached hydrogens (primary N) is 1. The molecule has 140 valence electrons. The standard InChI is InChI=1S/C20H29FN2O.ClH/c1-13(2)23(12-14-5-3-8-18(21)9-14)20(24)17-10-15-6-4-7-16(11-17)19(15)22;/h3,5,8-9,13,15-17,19H,4,6-7,10-12,22H2,1-2H3;1H. The van der Waals surface area contributed by atoms with Gasteiger partial charge in [0.2, 0.25) is 5.91 Å². The molecule has 3 nitrogen and oxygen atoms in total. The van der Waals surface area contributed by atoms with Crippen LogP contribution in [0.15, 0.2) is 24.3 Å². The third-order valence-corrected chi connectivity index (χ3v) is 5.91. The molecule has 0 heterocycles. The van der Waals surface area contributed by atoms with Crippen molar-refractivity contribution >= 4 is 18.3 Å². The Bertz CT molecular complexity index is 581. The van der Waals surface area contributed by atoms with Crippen LogP contribution in [-0.2, 0) is 11.3 Å². The van der Waals surface area contributed by atoms with Gasteiger partial charge in [-0.25, -0.2) is 4.39 Å². The third kappa shape index (κ3) is 4.53. The monoisotopic (exact) mass is 368 g/mol. The molecule has 0 aromatic heterocycles. The van der Waals surface area contributed by atoms with Crippen molar-refractivity contribution in [3.8, 4) is 0 Å². The average molecular weight is 369 g/mol. The maximum atomic E-state index is 13.5. The van der Waals surface area contributed by atoms with Crippen molar-refractivity contribution in [1.29, 1.82) is 0 Å². The molecule has 1 aromatic rings. The average Bonchev–Trinajstić information content (AvgIpc) is 2.51. The number of benzene rings is 1. The molecule has 2 saturated carbocycles. The number of nitrogens with zero attached hydrogens (tertiary/aromatic N) is 1. The van der Waals surface area contributed by atoms with Crippen LogP contribution in [0.3, 0.4) is 0 Å². The Morgan fingerprint density at radius 3 is 2.48 bits per heavy atom. The van der Waals surface area contributed by atoms with Gasteiger partial charge in [0, 0.05) is 24.5 Å². The van der Waals surface area contributed by atoms with Crippen molar-refractivity contribution in [3.05, 3.63) is 35.6 Å². The van der Waals surface area contributed by atoms with E-state index in [1.807, 2.05) is 24.8 Å². The normalized spacial score (nSPS) is 28.4. The molecule has 2 fully saturated rings. The second kappa shape index (κ2) is 8.50. The van der Waals surface area contributed by atoms with E-state index < -0.39 is 0 Å². The van der Waals surface area contributed by atoms with E-state index in [0.29, 0.717) is 18.4 Å². The SMILES string of the molecule is CC(C)N(Cc1cccc(F)c1)C(=O)C1CC2CCCC(C1)C2N.Cl. The summed E-state index contributed by atoms with van der Waals surface area (Å²) in [5.74, 6) is 1.04. The van der Waals surface area contributed by atoms with Gasteiger partial charge in [-0.2, -0.15) is 0 Å². The molecule has 1 amide bonds. The number of hydrogen-bond donors (Lipinski definition) is 1. The van der Waals surface area contributed by atoms with Gasteiger partial charge >= 0.3 is 0 Å². The molecule has 0 saturated heterocycles. The summed E-state index contributed by atoms with van der Waals surface area (Å²) in [6, 6.07) is 6.94. The summed E-state index contributed by atoms with van der Waals surface area (Å²) in [5, 5.41) is 0. The summed E-state index contributed by atoms with van der Waals surface area (Å²) in [6.45, 7) is 4.55. The van der Waals surface area contributed by atoms with E-state index in [0.717, 1.165) is 31.2 Å². The van der Waals surface area contributed by atoms with E-state index in [1.54, 1.807) is 6.07 Å². The van der Waals surface area contributed by atoms with Gasteiger partial charge in [-0.15, -0.1) is 12.4 Å². The highest BCUT2D eigenvalue weighted by molar-refractivity contribution is 5.85. The molecular weight excluding hydrogens is 339 g/mol. The van der Waals surface area contributed by atoms with Crippen LogP contribution >= 0.6 is 12.4 Å². The predicted molar refractivity (Wildman–Crippen MR) is 101 cm³/mol. The van der Waals surface area contributed by atoms with Gasteiger partial charge in [0.25, 0.3) is 0 Å². The highest BCUT2D eigenvalue weighted by Gasteiger charge is 2.41. The van der Waals surface area contributed by atoms with Gasteiger partial charge in [0.05, 0.1) is 0 Å². The second-order valence-corrected chi connectivity index (χ2v) is 7.89. The van der Waals surface area contributed by atoms with E-state index in [-0.39, 0.29) is 42.1 Å². The Balaban J connectivity index is 0.00000225. The van der Waals surface area contributed by atoms with E-state index in [2.05, 4.69) is 0 Å². The summed E-state index contributed by atoms with van der Waals surface area (Å²) in [5.41, 5.74) is 7.21. The largest absolute Gasteiger partial charge is 0.336 e. The summed E-state index contributed by atoms with van der Waals surface area (Å²) in [6.07, 6.45) is 5.41. The number of carbonyl (C=O) groups is 1. The molecule has 0 aliphatic heterocycles. The maximum Gasteiger partial charge on any atom is 0.226 e. The van der Waals surface area contributed by atoms with Crippen LogP contribution in [0.2, 0.25) is 0 Å². The van der Waals surface area contributed by atoms with Crippen LogP contribution in [0.1, 0.15) is 51.5 Å². The summed E-state index contributed by atoms with van der Waals surface area (Å²) in [7, 11) is 0. The zero-order chi connectivity index (χ0) is 17.3. The van der Waals surface area contributed by atoms with Crippen molar-refractivity contribution in [3.63, 3.8) is 0 Å². The fraction of sp³-hybridized carbons (Fsp3) is 0.650. The smallest absolute Gasteiger partial charge is 0.226 e. The quantitative estimate of drug-likeness (QED) is 0.868. The lowest BCUT2D eigenvalue weighted by Crippen LogP contribution is -2.50. The number of carbonyl (C=O) groups excluding carboxylic acids is 1. The number of fused-ring (bicyclic) bond motifs is 2. The zero-order valence-corrected chi connectivity index (χ0v) is 16.0. The van der Waals surface area contributed by atoms with Gasteiger partial charge in [0.15, 0.2) is 0 Å². The van der Waals surface area contributed by atoms with E-state index in [4.69, 9.17) is 5.73 Å². The minimum Gasteiger partial charge on any atom is -0.336 e. The minimum atomic E-state index is -0.248. The maximum absolute atomic E-state index is 13.5. The summed E-state index contributed by atoms with van der Waals surface area (Å²) in [4.78, 5) is 15.1. The molecule has 2 aliphatic carbocycles. The van der Waals surface area contributed by atoms with E-state index in [1.165, 1.54) is 18.6 Å². The Morgan fingerprint density at radius 1 is 1.28 bits per heavy atom. The van der Waals surface area contributed by atoms with Crippen LogP contribution in [0.5, 0.6) is 0 Å². The van der Waals surface area contributed by atoms with Gasteiger partial charge in [-0.3, -0.25) is 4.79 Å². The summed E-state index contributed by atoms with van der Waals surface area (Å²) < 4.78 is 13.5. The molecular formula is C20H30ClFN2O. The van der Waals surface area contributed by atoms with E-state index >= 15 is 0 Å². The Labute approximate surface area is 156 Å². The van der Waals surface area contributed by atoms with Crippen molar-refractivity contribution in [2.45, 2.75) is 64.6 Å². The minimum absolute atomic E-state index is 0. The Hall–Kier alpha value is -1.13. The number of hydrogen-bond acceptors (Lipinski definition) is 2. The van der Waals surface area contributed by atoms with Gasteiger partial charge in [-0.1, -0.05) is 18.6 Å². The highest BCUT2D eigenvalue weighted by atomic mass is 35.5. The van der Waals surface area contributed by atoms with Crippen molar-refractivity contribution in [2.24, 2.45) is 23.5 Å². The van der Waals surface area contributed by atoms with Crippen LogP contribution in [0, 0.1) is 23.6 Å². The molecule has 2 bridgehead atoms. The fourth-order valence-corrected chi connectivity index (χ4v) is 4.57. The molecule has 0 spiro atoms. The highest BCUT2D eigenvalue weighted by Crippen LogP contribution is 2.42. The van der Waals surface area contributed by atoms with Crippen molar-refractivity contribution in [2.75, 3.05) is 0 Å². The van der Waals surface area contributed by atoms with Gasteiger partial charge < -0.3 is 10.6 Å². The van der Waals surface area contributed by atoms with Crippen LogP contribution in [0.25, 0.3) is 0 Å². The summed E-state index contributed by atoms with van der Waals surface area (Å²) >= 11 is 0. The first-order valence-electron chi connectivity index (χ1n) is 9.26. The Kier molecular flexibility index (Phi) is 6.86. The predicted octanol–water partition coefficient (Wildman–Crippen LogP) is 4.14. The molecule has 2 atom stereocenters. The molecule has 2 aliphatic rings. The molecule has 2 unspecified atom stereocenters. The molecule has 3 rings (SSSR count). The van der Waals surface area contributed by atoms with Crippen LogP contribution < -0.4 is 5.73 Å². The number of halogens is 2. The lowest BCUT2D eigenvalue weighted by molar-refractivity contribution is -0.141.